The molecular formula is C55H105N3O7. The van der Waals surface area contributed by atoms with Crippen LogP contribution in [0.3, 0.4) is 0 Å². The predicted molar refractivity (Wildman–Crippen MR) is 271 cm³/mol. The molecular weight excluding hydrogens is 815 g/mol. The van der Waals surface area contributed by atoms with Crippen molar-refractivity contribution in [3.05, 3.63) is 11.4 Å². The molecule has 0 fully saturated rings. The molecule has 0 spiro atoms. The molecule has 65 heavy (non-hydrogen) atoms. The molecule has 0 saturated carbocycles. The summed E-state index contributed by atoms with van der Waals surface area (Å²) in [6.07, 6.45) is 39.6. The maximum atomic E-state index is 12.9. The average molecular weight is 920 g/mol. The Balaban J connectivity index is 2.51. The minimum absolute atomic E-state index is 0.0114. The minimum atomic E-state index is -0.0336. The van der Waals surface area contributed by atoms with Gasteiger partial charge in [-0.2, -0.15) is 0 Å². The molecule has 0 heterocycles. The summed E-state index contributed by atoms with van der Waals surface area (Å²) in [6, 6.07) is 0. The number of allylic oxidation sites excluding steroid dienone is 2. The van der Waals surface area contributed by atoms with Gasteiger partial charge in [-0.15, -0.1) is 0 Å². The molecule has 0 aromatic carbocycles. The summed E-state index contributed by atoms with van der Waals surface area (Å²) in [5.74, 6) is 0.167. The zero-order valence-corrected chi connectivity index (χ0v) is 43.4. The first kappa shape index (κ1) is 60.8. The normalized spacial score (nSPS) is 12.7. The minimum Gasteiger partial charge on any atom is -0.466 e. The number of nitrogens with zero attached hydrogens (tertiary/aromatic N) is 2. The fourth-order valence-electron chi connectivity index (χ4n) is 8.92. The van der Waals surface area contributed by atoms with E-state index in [9.17, 15) is 14.4 Å². The molecule has 1 N–H and O–H groups in total. The molecule has 10 heteroatoms. The maximum absolute atomic E-state index is 12.9. The van der Waals surface area contributed by atoms with E-state index in [2.05, 4.69) is 35.9 Å². The van der Waals surface area contributed by atoms with Crippen molar-refractivity contribution in [1.29, 1.82) is 0 Å². The molecule has 0 aromatic rings. The van der Waals surface area contributed by atoms with Crippen LogP contribution in [0.15, 0.2) is 11.4 Å². The monoisotopic (exact) mass is 920 g/mol. The number of esters is 2. The molecule has 0 saturated heterocycles. The standard InChI is InChI=1S/C55H105N3O7/c1-6-9-12-15-18-27-34-46-64-53(60)38-30-23-19-25-32-41-57(43-35-40-56-51-49-52(59)55(51)58(44-47-62-4)45-48-63-5)42-33-26-20-24-31-39-54(61)65-50(36-28-21-16-13-10-7-2)37-29-22-17-14-11-8-3/h50,56H,6-49H2,1-5H3. The zero-order chi connectivity index (χ0) is 47.3. The van der Waals surface area contributed by atoms with E-state index in [0.717, 1.165) is 121 Å². The van der Waals surface area contributed by atoms with Crippen molar-refractivity contribution in [2.75, 3.05) is 73.3 Å². The van der Waals surface area contributed by atoms with Gasteiger partial charge in [-0.3, -0.25) is 14.4 Å². The van der Waals surface area contributed by atoms with Gasteiger partial charge in [0.1, 0.15) is 11.8 Å². The molecule has 0 amide bonds. The number of carbonyl (C=O) groups excluding carboxylic acids is 3. The highest BCUT2D eigenvalue weighted by Gasteiger charge is 2.31. The van der Waals surface area contributed by atoms with Crippen LogP contribution in [0.2, 0.25) is 0 Å². The number of nitrogens with one attached hydrogen (secondary N) is 1. The number of Topliss-reactive ketones (excluding diaryl/α,β-unsaturated/α-hetero) is 1. The summed E-state index contributed by atoms with van der Waals surface area (Å²) >= 11 is 0. The van der Waals surface area contributed by atoms with E-state index in [1.54, 1.807) is 14.2 Å². The number of hydrogen-bond acceptors (Lipinski definition) is 10. The van der Waals surface area contributed by atoms with Gasteiger partial charge in [0.15, 0.2) is 5.78 Å². The largest absolute Gasteiger partial charge is 0.466 e. The first-order chi connectivity index (χ1) is 31.9. The Morgan fingerprint density at radius 2 is 0.938 bits per heavy atom. The van der Waals surface area contributed by atoms with E-state index < -0.39 is 0 Å². The quantitative estimate of drug-likeness (QED) is 0.0468. The Kier molecular flexibility index (Phi) is 42.7. The highest BCUT2D eigenvalue weighted by atomic mass is 16.5. The van der Waals surface area contributed by atoms with Gasteiger partial charge in [-0.25, -0.2) is 0 Å². The van der Waals surface area contributed by atoms with Crippen molar-refractivity contribution < 1.29 is 33.3 Å². The number of ether oxygens (including phenoxy) is 4. The summed E-state index contributed by atoms with van der Waals surface area (Å²) in [7, 11) is 3.38. The fourth-order valence-corrected chi connectivity index (χ4v) is 8.92. The lowest BCUT2D eigenvalue weighted by atomic mass is 9.97. The molecule has 0 bridgehead atoms. The van der Waals surface area contributed by atoms with E-state index in [1.807, 2.05) is 0 Å². The number of ketones is 1. The topological polar surface area (TPSA) is 107 Å². The molecule has 0 aliphatic heterocycles. The van der Waals surface area contributed by atoms with Gasteiger partial charge < -0.3 is 34.1 Å². The second kappa shape index (κ2) is 45.6. The van der Waals surface area contributed by atoms with Gasteiger partial charge in [0, 0.05) is 52.4 Å². The van der Waals surface area contributed by atoms with Crippen molar-refractivity contribution >= 4 is 17.7 Å². The van der Waals surface area contributed by atoms with E-state index >= 15 is 0 Å². The summed E-state index contributed by atoms with van der Waals surface area (Å²) in [5, 5.41) is 3.60. The van der Waals surface area contributed by atoms with Crippen molar-refractivity contribution in [3.63, 3.8) is 0 Å². The number of hydrogen-bond donors (Lipinski definition) is 1. The molecule has 10 nitrogen and oxygen atoms in total. The van der Waals surface area contributed by atoms with Crippen LogP contribution >= 0.6 is 0 Å². The Labute approximate surface area is 401 Å². The molecule has 1 rings (SSSR count). The van der Waals surface area contributed by atoms with Gasteiger partial charge in [-0.05, 0) is 83.8 Å². The van der Waals surface area contributed by atoms with Crippen LogP contribution in [0.5, 0.6) is 0 Å². The van der Waals surface area contributed by atoms with Crippen LogP contribution in [-0.4, -0.2) is 107 Å². The highest BCUT2D eigenvalue weighted by molar-refractivity contribution is 6.03. The molecule has 1 aliphatic carbocycles. The molecule has 0 atom stereocenters. The predicted octanol–water partition coefficient (Wildman–Crippen LogP) is 13.4. The van der Waals surface area contributed by atoms with Gasteiger partial charge in [0.05, 0.1) is 26.2 Å². The molecule has 1 aliphatic rings. The SMILES string of the molecule is CCCCCCCCCOC(=O)CCCCCCCN(CCCCCCCC(=O)OC(CCCCCCCC)CCCCCCCC)CCCNC1=C(N(CCOC)CCOC)C(=O)C1. The zero-order valence-electron chi connectivity index (χ0n) is 43.4. The fraction of sp³-hybridized carbons (Fsp3) is 0.909. The summed E-state index contributed by atoms with van der Waals surface area (Å²) < 4.78 is 22.2. The number of unbranched alkanes of at least 4 members (excludes halogenated alkanes) is 24. The average Bonchev–Trinajstić information content (AvgIpc) is 3.30. The van der Waals surface area contributed by atoms with Crippen LogP contribution in [0, 0.1) is 0 Å². The first-order valence-corrected chi connectivity index (χ1v) is 27.7. The van der Waals surface area contributed by atoms with Crippen molar-refractivity contribution in [1.82, 2.24) is 15.1 Å². The Morgan fingerprint density at radius 1 is 0.508 bits per heavy atom. The highest BCUT2D eigenvalue weighted by Crippen LogP contribution is 2.25. The lowest BCUT2D eigenvalue weighted by Crippen LogP contribution is -2.42. The van der Waals surface area contributed by atoms with Crippen LogP contribution in [-0.2, 0) is 33.3 Å². The second-order valence-corrected chi connectivity index (χ2v) is 19.1. The van der Waals surface area contributed by atoms with Crippen molar-refractivity contribution in [2.24, 2.45) is 0 Å². The lowest BCUT2D eigenvalue weighted by Gasteiger charge is -2.34. The van der Waals surface area contributed by atoms with Crippen LogP contribution in [0.4, 0.5) is 0 Å². The lowest BCUT2D eigenvalue weighted by molar-refractivity contribution is -0.150. The van der Waals surface area contributed by atoms with Gasteiger partial charge in [-0.1, -0.05) is 162 Å². The van der Waals surface area contributed by atoms with E-state index in [4.69, 9.17) is 18.9 Å². The maximum Gasteiger partial charge on any atom is 0.306 e. The first-order valence-electron chi connectivity index (χ1n) is 27.7. The van der Waals surface area contributed by atoms with Gasteiger partial charge in [0.25, 0.3) is 0 Å². The van der Waals surface area contributed by atoms with Crippen LogP contribution in [0.25, 0.3) is 0 Å². The molecule has 0 unspecified atom stereocenters. The van der Waals surface area contributed by atoms with E-state index in [0.29, 0.717) is 52.2 Å². The Morgan fingerprint density at radius 3 is 1.43 bits per heavy atom. The third-order valence-corrected chi connectivity index (χ3v) is 13.1. The van der Waals surface area contributed by atoms with Gasteiger partial charge in [0.2, 0.25) is 0 Å². The third kappa shape index (κ3) is 35.6. The van der Waals surface area contributed by atoms with Crippen LogP contribution in [0.1, 0.15) is 245 Å². The second-order valence-electron chi connectivity index (χ2n) is 19.1. The smallest absolute Gasteiger partial charge is 0.306 e. The number of carbonyl (C=O) groups is 3. The number of rotatable bonds is 51. The Hall–Kier alpha value is -2.17. The summed E-state index contributed by atoms with van der Waals surface area (Å²) in [6.45, 7) is 13.9. The summed E-state index contributed by atoms with van der Waals surface area (Å²) in [5.41, 5.74) is 1.84. The van der Waals surface area contributed by atoms with E-state index in [-0.39, 0.29) is 23.8 Å². The molecule has 0 aromatic heterocycles. The number of methoxy groups -OCH3 is 2. The summed E-state index contributed by atoms with van der Waals surface area (Å²) in [4.78, 5) is 42.5. The molecule has 0 radical (unpaired) electrons. The molecule has 382 valence electrons. The van der Waals surface area contributed by atoms with Crippen LogP contribution < -0.4 is 5.32 Å². The van der Waals surface area contributed by atoms with Crippen molar-refractivity contribution in [3.8, 4) is 0 Å². The van der Waals surface area contributed by atoms with E-state index in [1.165, 1.54) is 122 Å². The van der Waals surface area contributed by atoms with Crippen molar-refractivity contribution in [2.45, 2.75) is 252 Å². The van der Waals surface area contributed by atoms with Gasteiger partial charge >= 0.3 is 11.9 Å². The Bertz CT molecular complexity index is 1130. The third-order valence-electron chi connectivity index (χ3n) is 13.1.